The molecule has 1 heterocycles. The summed E-state index contributed by atoms with van der Waals surface area (Å²) in [5.74, 6) is 1.26. The summed E-state index contributed by atoms with van der Waals surface area (Å²) in [6, 6.07) is 5.65. The number of hydrogen-bond donors (Lipinski definition) is 0. The maximum absolute atomic E-state index is 9.08. The molecule has 0 amide bonds. The van der Waals surface area contributed by atoms with Gasteiger partial charge < -0.3 is 9.47 Å². The third-order valence-corrected chi connectivity index (χ3v) is 2.46. The van der Waals surface area contributed by atoms with Gasteiger partial charge in [0, 0.05) is 7.05 Å². The monoisotopic (exact) mass is 217 g/mol. The Balaban J connectivity index is 2.92. The third kappa shape index (κ3) is 1.27. The van der Waals surface area contributed by atoms with Gasteiger partial charge in [0.15, 0.2) is 0 Å². The van der Waals surface area contributed by atoms with Crippen molar-refractivity contribution >= 4 is 10.9 Å². The standard InChI is InChI=1S/C11H11N3O2/c1-14-7(6-12)10-8(15-2)4-5-9(16-3)11(10)13-14/h4-5H,1-3H3. The highest BCUT2D eigenvalue weighted by Crippen LogP contribution is 2.34. The van der Waals surface area contributed by atoms with Crippen LogP contribution in [0.25, 0.3) is 10.9 Å². The fourth-order valence-corrected chi connectivity index (χ4v) is 1.71. The van der Waals surface area contributed by atoms with Crippen LogP contribution in [0.5, 0.6) is 11.5 Å². The number of ether oxygens (including phenoxy) is 2. The molecule has 0 unspecified atom stereocenters. The Morgan fingerprint density at radius 3 is 2.44 bits per heavy atom. The van der Waals surface area contributed by atoms with Crippen molar-refractivity contribution in [1.29, 1.82) is 5.26 Å². The number of nitrogens with zero attached hydrogens (tertiary/aromatic N) is 3. The maximum Gasteiger partial charge on any atom is 0.149 e. The largest absolute Gasteiger partial charge is 0.496 e. The van der Waals surface area contributed by atoms with Crippen LogP contribution >= 0.6 is 0 Å². The molecule has 0 spiro atoms. The molecule has 0 aliphatic carbocycles. The summed E-state index contributed by atoms with van der Waals surface area (Å²) in [6.45, 7) is 0. The van der Waals surface area contributed by atoms with E-state index in [1.807, 2.05) is 0 Å². The van der Waals surface area contributed by atoms with Crippen molar-refractivity contribution in [1.82, 2.24) is 9.78 Å². The van der Waals surface area contributed by atoms with Crippen LogP contribution in [-0.2, 0) is 7.05 Å². The Hall–Kier alpha value is -2.22. The molecule has 1 aromatic heterocycles. The molecule has 82 valence electrons. The molecule has 0 saturated heterocycles. The average molecular weight is 217 g/mol. The van der Waals surface area contributed by atoms with Crippen molar-refractivity contribution in [3.8, 4) is 17.6 Å². The SMILES string of the molecule is COc1ccc(OC)c2c(C#N)n(C)nc12. The Morgan fingerprint density at radius 2 is 1.88 bits per heavy atom. The zero-order valence-corrected chi connectivity index (χ0v) is 9.31. The van der Waals surface area contributed by atoms with Gasteiger partial charge >= 0.3 is 0 Å². The summed E-state index contributed by atoms with van der Waals surface area (Å²) >= 11 is 0. The Kier molecular flexibility index (Phi) is 2.41. The molecule has 0 fully saturated rings. The molecular formula is C11H11N3O2. The number of methoxy groups -OCH3 is 2. The molecule has 0 saturated carbocycles. The minimum absolute atomic E-state index is 0.464. The first-order valence-corrected chi connectivity index (χ1v) is 4.70. The highest BCUT2D eigenvalue weighted by molar-refractivity contribution is 5.94. The summed E-state index contributed by atoms with van der Waals surface area (Å²) in [6.07, 6.45) is 0. The predicted octanol–water partition coefficient (Wildman–Crippen LogP) is 1.46. The van der Waals surface area contributed by atoms with E-state index >= 15 is 0 Å². The first kappa shape index (κ1) is 10.3. The molecule has 5 heteroatoms. The van der Waals surface area contributed by atoms with E-state index in [1.54, 1.807) is 33.4 Å². The normalized spacial score (nSPS) is 10.1. The molecule has 16 heavy (non-hydrogen) atoms. The van der Waals surface area contributed by atoms with Gasteiger partial charge in [-0.3, -0.25) is 4.68 Å². The molecule has 0 radical (unpaired) electrons. The van der Waals surface area contributed by atoms with Crippen LogP contribution in [0.2, 0.25) is 0 Å². The van der Waals surface area contributed by atoms with Crippen LogP contribution in [0.1, 0.15) is 5.69 Å². The van der Waals surface area contributed by atoms with Gasteiger partial charge in [0.1, 0.15) is 28.8 Å². The van der Waals surface area contributed by atoms with Crippen molar-refractivity contribution in [2.45, 2.75) is 0 Å². The summed E-state index contributed by atoms with van der Waals surface area (Å²) < 4.78 is 11.9. The van der Waals surface area contributed by atoms with Gasteiger partial charge in [0.25, 0.3) is 0 Å². The quantitative estimate of drug-likeness (QED) is 0.764. The van der Waals surface area contributed by atoms with Crippen molar-refractivity contribution in [3.05, 3.63) is 17.8 Å². The van der Waals surface area contributed by atoms with E-state index in [-0.39, 0.29) is 0 Å². The molecule has 0 aliphatic heterocycles. The number of aryl methyl sites for hydroxylation is 1. The van der Waals surface area contributed by atoms with Gasteiger partial charge in [-0.2, -0.15) is 10.4 Å². The van der Waals surface area contributed by atoms with Gasteiger partial charge in [-0.15, -0.1) is 0 Å². The molecule has 2 rings (SSSR count). The summed E-state index contributed by atoms with van der Waals surface area (Å²) in [5.41, 5.74) is 1.10. The Bertz CT molecular complexity index is 581. The fourth-order valence-electron chi connectivity index (χ4n) is 1.71. The number of nitriles is 1. The van der Waals surface area contributed by atoms with E-state index < -0.39 is 0 Å². The number of hydrogen-bond acceptors (Lipinski definition) is 4. The fraction of sp³-hybridized carbons (Fsp3) is 0.273. The first-order chi connectivity index (χ1) is 7.72. The van der Waals surface area contributed by atoms with E-state index in [9.17, 15) is 0 Å². The smallest absolute Gasteiger partial charge is 0.149 e. The third-order valence-electron chi connectivity index (χ3n) is 2.46. The minimum Gasteiger partial charge on any atom is -0.496 e. The topological polar surface area (TPSA) is 60.1 Å². The van der Waals surface area contributed by atoms with E-state index in [0.29, 0.717) is 28.1 Å². The van der Waals surface area contributed by atoms with Crippen molar-refractivity contribution in [3.63, 3.8) is 0 Å². The molecule has 2 aromatic rings. The Morgan fingerprint density at radius 1 is 1.25 bits per heavy atom. The second-order valence-corrected chi connectivity index (χ2v) is 3.28. The highest BCUT2D eigenvalue weighted by Gasteiger charge is 2.16. The Labute approximate surface area is 92.8 Å². The molecule has 0 aliphatic rings. The first-order valence-electron chi connectivity index (χ1n) is 4.70. The molecular weight excluding hydrogens is 206 g/mol. The van der Waals surface area contributed by atoms with Crippen LogP contribution in [0.3, 0.4) is 0 Å². The van der Waals surface area contributed by atoms with Gasteiger partial charge in [0.05, 0.1) is 19.6 Å². The molecule has 5 nitrogen and oxygen atoms in total. The van der Waals surface area contributed by atoms with Crippen molar-refractivity contribution < 1.29 is 9.47 Å². The van der Waals surface area contributed by atoms with E-state index in [1.165, 1.54) is 4.68 Å². The number of benzene rings is 1. The van der Waals surface area contributed by atoms with Gasteiger partial charge in [0.2, 0.25) is 0 Å². The summed E-state index contributed by atoms with van der Waals surface area (Å²) in [5, 5.41) is 14.0. The summed E-state index contributed by atoms with van der Waals surface area (Å²) in [7, 11) is 4.86. The summed E-state index contributed by atoms with van der Waals surface area (Å²) in [4.78, 5) is 0. The van der Waals surface area contributed by atoms with E-state index in [0.717, 1.165) is 0 Å². The second-order valence-electron chi connectivity index (χ2n) is 3.28. The number of fused-ring (bicyclic) bond motifs is 1. The van der Waals surface area contributed by atoms with Gasteiger partial charge in [-0.1, -0.05) is 0 Å². The van der Waals surface area contributed by atoms with E-state index in [4.69, 9.17) is 14.7 Å². The lowest BCUT2D eigenvalue weighted by molar-refractivity contribution is 0.410. The molecule has 1 aromatic carbocycles. The second kappa shape index (κ2) is 3.74. The van der Waals surface area contributed by atoms with Gasteiger partial charge in [-0.25, -0.2) is 0 Å². The van der Waals surface area contributed by atoms with Crippen LogP contribution in [-0.4, -0.2) is 24.0 Å². The lowest BCUT2D eigenvalue weighted by atomic mass is 10.2. The highest BCUT2D eigenvalue weighted by atomic mass is 16.5. The lowest BCUT2D eigenvalue weighted by Gasteiger charge is -2.04. The van der Waals surface area contributed by atoms with Crippen LogP contribution < -0.4 is 9.47 Å². The number of aromatic nitrogens is 2. The van der Waals surface area contributed by atoms with Crippen molar-refractivity contribution in [2.24, 2.45) is 7.05 Å². The average Bonchev–Trinajstić information content (AvgIpc) is 2.64. The van der Waals surface area contributed by atoms with Crippen LogP contribution in [0, 0.1) is 11.3 Å². The van der Waals surface area contributed by atoms with Gasteiger partial charge in [-0.05, 0) is 12.1 Å². The van der Waals surface area contributed by atoms with Crippen LogP contribution in [0.15, 0.2) is 12.1 Å². The zero-order chi connectivity index (χ0) is 11.7. The zero-order valence-electron chi connectivity index (χ0n) is 9.31. The number of rotatable bonds is 2. The molecule has 0 bridgehead atoms. The maximum atomic E-state index is 9.08. The molecule has 0 atom stereocenters. The van der Waals surface area contributed by atoms with Crippen molar-refractivity contribution in [2.75, 3.05) is 14.2 Å². The molecule has 0 N–H and O–H groups in total. The minimum atomic E-state index is 0.464. The lowest BCUT2D eigenvalue weighted by Crippen LogP contribution is -1.93. The predicted molar refractivity (Wildman–Crippen MR) is 58.5 cm³/mol. The van der Waals surface area contributed by atoms with Crippen LogP contribution in [0.4, 0.5) is 0 Å². The van der Waals surface area contributed by atoms with E-state index in [2.05, 4.69) is 11.2 Å².